The van der Waals surface area contributed by atoms with Gasteiger partial charge in [0.25, 0.3) is 0 Å². The fraction of sp³-hybridized carbons (Fsp3) is 0.333. The average Bonchev–Trinajstić information content (AvgIpc) is 2.99. The molecule has 2 rings (SSSR count). The molecule has 1 aromatic carbocycles. The lowest BCUT2D eigenvalue weighted by molar-refractivity contribution is -0.138. The summed E-state index contributed by atoms with van der Waals surface area (Å²) in [7, 11) is 1.24. The zero-order valence-corrected chi connectivity index (χ0v) is 14.9. The summed E-state index contributed by atoms with van der Waals surface area (Å²) in [5, 5.41) is 4.93. The maximum absolute atomic E-state index is 13.1. The van der Waals surface area contributed by atoms with E-state index in [2.05, 4.69) is 15.4 Å². The van der Waals surface area contributed by atoms with Crippen LogP contribution in [0.5, 0.6) is 0 Å². The Labute approximate surface area is 153 Å². The third-order valence-corrected chi connectivity index (χ3v) is 3.88. The van der Waals surface area contributed by atoms with E-state index in [4.69, 9.17) is 4.42 Å². The number of carbonyl (C=O) groups excluding carboxylic acids is 2. The second-order valence-corrected chi connectivity index (χ2v) is 5.81. The summed E-state index contributed by atoms with van der Waals surface area (Å²) in [6, 6.07) is 4.93. The lowest BCUT2D eigenvalue weighted by atomic mass is 10.0. The molecule has 27 heavy (non-hydrogen) atoms. The summed E-state index contributed by atoms with van der Waals surface area (Å²) in [6.07, 6.45) is -4.51. The van der Waals surface area contributed by atoms with Crippen LogP contribution in [0.1, 0.15) is 46.0 Å². The van der Waals surface area contributed by atoms with E-state index in [1.165, 1.54) is 38.3 Å². The van der Waals surface area contributed by atoms with E-state index in [0.717, 1.165) is 6.07 Å². The summed E-state index contributed by atoms with van der Waals surface area (Å²) in [4.78, 5) is 23.5. The van der Waals surface area contributed by atoms with Crippen molar-refractivity contribution in [2.24, 2.45) is 0 Å². The molecule has 0 aliphatic rings. The molecule has 2 aromatic rings. The van der Waals surface area contributed by atoms with Gasteiger partial charge in [0.05, 0.1) is 25.3 Å². The minimum Gasteiger partial charge on any atom is -0.465 e. The number of ether oxygens (including phenoxy) is 1. The molecule has 0 saturated carbocycles. The average molecular weight is 384 g/mol. The number of benzene rings is 1. The third-order valence-electron chi connectivity index (χ3n) is 3.88. The van der Waals surface area contributed by atoms with Gasteiger partial charge in [0.15, 0.2) is 0 Å². The molecule has 6 nitrogen and oxygen atoms in total. The van der Waals surface area contributed by atoms with Gasteiger partial charge in [-0.05, 0) is 31.5 Å². The number of urea groups is 1. The predicted octanol–water partition coefficient (Wildman–Crippen LogP) is 3.95. The van der Waals surface area contributed by atoms with Gasteiger partial charge in [-0.25, -0.2) is 9.59 Å². The van der Waals surface area contributed by atoms with Crippen molar-refractivity contribution < 1.29 is 31.9 Å². The molecule has 1 aromatic heterocycles. The Morgan fingerprint density at radius 3 is 2.56 bits per heavy atom. The van der Waals surface area contributed by atoms with Gasteiger partial charge < -0.3 is 19.8 Å². The Balaban J connectivity index is 2.00. The zero-order chi connectivity index (χ0) is 20.2. The highest BCUT2D eigenvalue weighted by Crippen LogP contribution is 2.34. The number of methoxy groups -OCH3 is 1. The molecule has 2 amide bonds. The van der Waals surface area contributed by atoms with E-state index in [1.54, 1.807) is 6.92 Å². The van der Waals surface area contributed by atoms with Crippen LogP contribution >= 0.6 is 0 Å². The van der Waals surface area contributed by atoms with Gasteiger partial charge in [0.1, 0.15) is 17.1 Å². The van der Waals surface area contributed by atoms with Crippen LogP contribution in [0.3, 0.4) is 0 Å². The van der Waals surface area contributed by atoms with Crippen LogP contribution in [0.2, 0.25) is 0 Å². The molecule has 0 fully saturated rings. The van der Waals surface area contributed by atoms with E-state index in [1.807, 2.05) is 0 Å². The summed E-state index contributed by atoms with van der Waals surface area (Å²) in [5.41, 5.74) is -0.605. The van der Waals surface area contributed by atoms with Crippen molar-refractivity contribution in [1.29, 1.82) is 0 Å². The minimum atomic E-state index is -4.51. The van der Waals surface area contributed by atoms with Crippen LogP contribution in [0.15, 0.2) is 34.7 Å². The van der Waals surface area contributed by atoms with Crippen molar-refractivity contribution in [3.05, 3.63) is 58.5 Å². The number of alkyl halides is 3. The largest absolute Gasteiger partial charge is 0.465 e. The lowest BCUT2D eigenvalue weighted by Crippen LogP contribution is -2.37. The first kappa shape index (κ1) is 20.3. The van der Waals surface area contributed by atoms with Crippen molar-refractivity contribution in [2.75, 3.05) is 7.11 Å². The normalized spacial score (nSPS) is 12.4. The highest BCUT2D eigenvalue weighted by molar-refractivity contribution is 5.90. The lowest BCUT2D eigenvalue weighted by Gasteiger charge is -2.19. The smallest absolute Gasteiger partial charge is 0.416 e. The van der Waals surface area contributed by atoms with E-state index in [-0.39, 0.29) is 17.7 Å². The van der Waals surface area contributed by atoms with Gasteiger partial charge >= 0.3 is 18.2 Å². The van der Waals surface area contributed by atoms with E-state index < -0.39 is 29.8 Å². The van der Waals surface area contributed by atoms with Crippen molar-refractivity contribution in [2.45, 2.75) is 32.6 Å². The Kier molecular flexibility index (Phi) is 6.14. The Morgan fingerprint density at radius 2 is 1.93 bits per heavy atom. The molecule has 0 radical (unpaired) electrons. The number of halogens is 3. The highest BCUT2D eigenvalue weighted by atomic mass is 19.4. The molecule has 2 N–H and O–H groups in total. The maximum atomic E-state index is 13.1. The van der Waals surface area contributed by atoms with Crippen molar-refractivity contribution in [1.82, 2.24) is 10.6 Å². The zero-order valence-electron chi connectivity index (χ0n) is 14.9. The molecule has 1 heterocycles. The fourth-order valence-electron chi connectivity index (χ4n) is 2.57. The maximum Gasteiger partial charge on any atom is 0.416 e. The summed E-state index contributed by atoms with van der Waals surface area (Å²) < 4.78 is 49.2. The standard InChI is InChI=1S/C18H19F3N2O4/c1-10(13-6-4-5-7-15(13)18(19,20)21)23-17(25)22-9-12-8-14(11(2)27-12)16(24)26-3/h4-8,10H,9H2,1-3H3,(H2,22,23,25). The first-order valence-electron chi connectivity index (χ1n) is 8.01. The molecule has 146 valence electrons. The highest BCUT2D eigenvalue weighted by Gasteiger charge is 2.34. The second-order valence-electron chi connectivity index (χ2n) is 5.81. The second kappa shape index (κ2) is 8.15. The number of amides is 2. The van der Waals surface area contributed by atoms with Crippen LogP contribution in [0, 0.1) is 6.92 Å². The van der Waals surface area contributed by atoms with Crippen LogP contribution < -0.4 is 10.6 Å². The molecular formula is C18H19F3N2O4. The molecule has 0 spiro atoms. The van der Waals surface area contributed by atoms with Crippen LogP contribution in [-0.2, 0) is 17.5 Å². The fourth-order valence-corrected chi connectivity index (χ4v) is 2.57. The molecule has 9 heteroatoms. The van der Waals surface area contributed by atoms with Crippen molar-refractivity contribution in [3.63, 3.8) is 0 Å². The Bertz CT molecular complexity index is 830. The number of carbonyl (C=O) groups is 2. The number of aryl methyl sites for hydroxylation is 1. The monoisotopic (exact) mass is 384 g/mol. The third kappa shape index (κ3) is 5.02. The Hall–Kier alpha value is -2.97. The van der Waals surface area contributed by atoms with E-state index in [9.17, 15) is 22.8 Å². The molecule has 1 atom stereocenters. The van der Waals surface area contributed by atoms with Gasteiger partial charge in [0.2, 0.25) is 0 Å². The van der Waals surface area contributed by atoms with Crippen LogP contribution in [0.25, 0.3) is 0 Å². The number of esters is 1. The van der Waals surface area contributed by atoms with Gasteiger partial charge in [-0.1, -0.05) is 18.2 Å². The van der Waals surface area contributed by atoms with Crippen molar-refractivity contribution >= 4 is 12.0 Å². The van der Waals surface area contributed by atoms with Crippen molar-refractivity contribution in [3.8, 4) is 0 Å². The first-order valence-corrected chi connectivity index (χ1v) is 8.01. The minimum absolute atomic E-state index is 0.0398. The van der Waals surface area contributed by atoms with Gasteiger partial charge in [-0.2, -0.15) is 13.2 Å². The molecule has 0 bridgehead atoms. The molecular weight excluding hydrogens is 365 g/mol. The SMILES string of the molecule is COC(=O)c1cc(CNC(=O)NC(C)c2ccccc2C(F)(F)F)oc1C. The molecule has 1 unspecified atom stereocenters. The van der Waals surface area contributed by atoms with Gasteiger partial charge in [-0.15, -0.1) is 0 Å². The number of nitrogens with one attached hydrogen (secondary N) is 2. The van der Waals surface area contributed by atoms with E-state index >= 15 is 0 Å². The number of furan rings is 1. The Morgan fingerprint density at radius 1 is 1.26 bits per heavy atom. The first-order chi connectivity index (χ1) is 12.6. The quantitative estimate of drug-likeness (QED) is 0.765. The van der Waals surface area contributed by atoms with Gasteiger partial charge in [-0.3, -0.25) is 0 Å². The predicted molar refractivity (Wildman–Crippen MR) is 90.0 cm³/mol. The van der Waals surface area contributed by atoms with Crippen LogP contribution in [-0.4, -0.2) is 19.1 Å². The van der Waals surface area contributed by atoms with Gasteiger partial charge in [0, 0.05) is 0 Å². The number of hydrogen-bond acceptors (Lipinski definition) is 4. The van der Waals surface area contributed by atoms with E-state index in [0.29, 0.717) is 11.5 Å². The van der Waals surface area contributed by atoms with Crippen LogP contribution in [0.4, 0.5) is 18.0 Å². The molecule has 0 saturated heterocycles. The summed E-state index contributed by atoms with van der Waals surface area (Å²) in [6.45, 7) is 2.99. The summed E-state index contributed by atoms with van der Waals surface area (Å²) in [5.74, 6) is 0.0854. The summed E-state index contributed by atoms with van der Waals surface area (Å²) >= 11 is 0. The number of rotatable bonds is 5. The topological polar surface area (TPSA) is 80.6 Å². The number of hydrogen-bond donors (Lipinski definition) is 2. The molecule has 0 aliphatic carbocycles. The molecule has 0 aliphatic heterocycles.